The average molecular weight is 345 g/mol. The minimum Gasteiger partial charge on any atom is -0.424 e. The molecular formula is C19H23NO3S. The molecule has 2 aromatic rings. The van der Waals surface area contributed by atoms with E-state index >= 15 is 0 Å². The molecular weight excluding hydrogens is 322 g/mol. The summed E-state index contributed by atoms with van der Waals surface area (Å²) in [6.07, 6.45) is 3.98. The quantitative estimate of drug-likeness (QED) is 0.644. The van der Waals surface area contributed by atoms with Gasteiger partial charge in [0.1, 0.15) is 5.75 Å². The molecule has 0 spiro atoms. The molecule has 0 radical (unpaired) electrons. The van der Waals surface area contributed by atoms with Gasteiger partial charge in [-0.3, -0.25) is 0 Å². The number of thiophene rings is 1. The zero-order valence-corrected chi connectivity index (χ0v) is 14.5. The van der Waals surface area contributed by atoms with Crippen LogP contribution in [0.5, 0.6) is 5.75 Å². The molecule has 1 fully saturated rings. The van der Waals surface area contributed by atoms with Crippen molar-refractivity contribution in [3.8, 4) is 5.75 Å². The van der Waals surface area contributed by atoms with Gasteiger partial charge in [-0.15, -0.1) is 11.3 Å². The molecule has 0 aliphatic carbocycles. The molecule has 1 aliphatic rings. The molecule has 1 aliphatic heterocycles. The van der Waals surface area contributed by atoms with Gasteiger partial charge in [-0.1, -0.05) is 30.7 Å². The Kier molecular flexibility index (Phi) is 5.66. The molecule has 0 saturated carbocycles. The number of hydrogen-bond donors (Lipinski definition) is 1. The Hall–Kier alpha value is -1.69. The highest BCUT2D eigenvalue weighted by molar-refractivity contribution is 7.10. The number of rotatable bonds is 6. The molecule has 5 heteroatoms. The van der Waals surface area contributed by atoms with Crippen LogP contribution in [0.3, 0.4) is 0 Å². The molecule has 2 heterocycles. The van der Waals surface area contributed by atoms with Gasteiger partial charge in [0.15, 0.2) is 5.60 Å². The van der Waals surface area contributed by atoms with Gasteiger partial charge in [0.2, 0.25) is 0 Å². The van der Waals surface area contributed by atoms with Crippen LogP contribution in [0.2, 0.25) is 0 Å². The van der Waals surface area contributed by atoms with E-state index in [1.807, 2.05) is 17.5 Å². The molecule has 3 rings (SSSR count). The Morgan fingerprint density at radius 1 is 1.12 bits per heavy atom. The summed E-state index contributed by atoms with van der Waals surface area (Å²) < 4.78 is 5.44. The van der Waals surface area contributed by atoms with Crippen LogP contribution in [0.1, 0.15) is 30.6 Å². The van der Waals surface area contributed by atoms with Gasteiger partial charge < -0.3 is 14.7 Å². The van der Waals surface area contributed by atoms with E-state index in [1.54, 1.807) is 30.3 Å². The highest BCUT2D eigenvalue weighted by Crippen LogP contribution is 2.32. The lowest BCUT2D eigenvalue weighted by Crippen LogP contribution is -2.42. The number of aliphatic hydroxyl groups is 1. The Balaban J connectivity index is 1.73. The Bertz CT molecular complexity index is 638. The summed E-state index contributed by atoms with van der Waals surface area (Å²) in [5.41, 5.74) is -1.60. The van der Waals surface area contributed by atoms with E-state index in [2.05, 4.69) is 4.90 Å². The summed E-state index contributed by atoms with van der Waals surface area (Å²) in [4.78, 5) is 15.7. The second-order valence-corrected chi connectivity index (χ2v) is 7.14. The molecule has 1 unspecified atom stereocenters. The van der Waals surface area contributed by atoms with Crippen molar-refractivity contribution in [1.29, 1.82) is 0 Å². The summed E-state index contributed by atoms with van der Waals surface area (Å²) in [5.74, 6) is -0.149. The zero-order chi connectivity index (χ0) is 16.8. The lowest BCUT2D eigenvalue weighted by molar-refractivity contribution is -0.157. The van der Waals surface area contributed by atoms with Crippen molar-refractivity contribution in [2.75, 3.05) is 19.6 Å². The number of esters is 1. The number of piperidine rings is 1. The van der Waals surface area contributed by atoms with Crippen LogP contribution >= 0.6 is 11.3 Å². The topological polar surface area (TPSA) is 49.8 Å². The number of para-hydroxylation sites is 1. The SMILES string of the molecule is O=C(Oc1ccccc1)C(O)(CCN1CCCCC1)c1cccs1. The highest BCUT2D eigenvalue weighted by atomic mass is 32.1. The van der Waals surface area contributed by atoms with Crippen LogP contribution in [0.4, 0.5) is 0 Å². The fourth-order valence-electron chi connectivity index (χ4n) is 3.02. The summed E-state index contributed by atoms with van der Waals surface area (Å²) in [6, 6.07) is 12.6. The summed E-state index contributed by atoms with van der Waals surface area (Å²) in [5, 5.41) is 13.0. The first-order valence-corrected chi connectivity index (χ1v) is 9.32. The van der Waals surface area contributed by atoms with Gasteiger partial charge in [-0.25, -0.2) is 4.79 Å². The molecule has 0 amide bonds. The van der Waals surface area contributed by atoms with Gasteiger partial charge >= 0.3 is 5.97 Å². The lowest BCUT2D eigenvalue weighted by atomic mass is 9.96. The number of benzene rings is 1. The first-order valence-electron chi connectivity index (χ1n) is 8.44. The van der Waals surface area contributed by atoms with Gasteiger partial charge in [0.05, 0.1) is 0 Å². The van der Waals surface area contributed by atoms with E-state index in [-0.39, 0.29) is 0 Å². The standard InChI is InChI=1S/C19H23NO3S/c21-18(23-16-8-3-1-4-9-16)19(22,17-10-7-15-24-17)11-14-20-12-5-2-6-13-20/h1,3-4,7-10,15,22H,2,5-6,11-14H2. The van der Waals surface area contributed by atoms with Crippen LogP contribution in [-0.2, 0) is 10.4 Å². The second-order valence-electron chi connectivity index (χ2n) is 6.19. The van der Waals surface area contributed by atoms with Crippen LogP contribution in [0.15, 0.2) is 47.8 Å². The molecule has 1 aromatic heterocycles. The Morgan fingerprint density at radius 2 is 1.88 bits per heavy atom. The van der Waals surface area contributed by atoms with Gasteiger partial charge in [0, 0.05) is 17.8 Å². The second kappa shape index (κ2) is 7.92. The van der Waals surface area contributed by atoms with Gasteiger partial charge in [-0.2, -0.15) is 0 Å². The maximum atomic E-state index is 12.7. The van der Waals surface area contributed by atoms with E-state index in [0.717, 1.165) is 13.1 Å². The number of likely N-dealkylation sites (tertiary alicyclic amines) is 1. The lowest BCUT2D eigenvalue weighted by Gasteiger charge is -2.31. The van der Waals surface area contributed by atoms with Crippen molar-refractivity contribution in [2.24, 2.45) is 0 Å². The molecule has 1 N–H and O–H groups in total. The van der Waals surface area contributed by atoms with Crippen LogP contribution in [-0.4, -0.2) is 35.6 Å². The van der Waals surface area contributed by atoms with Crippen LogP contribution in [0, 0.1) is 0 Å². The smallest absolute Gasteiger partial charge is 0.349 e. The third-order valence-electron chi connectivity index (χ3n) is 4.46. The van der Waals surface area contributed by atoms with Crippen molar-refractivity contribution in [2.45, 2.75) is 31.3 Å². The van der Waals surface area contributed by atoms with E-state index in [0.29, 0.717) is 23.6 Å². The Morgan fingerprint density at radius 3 is 2.54 bits per heavy atom. The number of carbonyl (C=O) groups is 1. The highest BCUT2D eigenvalue weighted by Gasteiger charge is 2.41. The first kappa shape index (κ1) is 17.1. The molecule has 1 saturated heterocycles. The van der Waals surface area contributed by atoms with E-state index < -0.39 is 11.6 Å². The zero-order valence-electron chi connectivity index (χ0n) is 13.7. The van der Waals surface area contributed by atoms with E-state index in [9.17, 15) is 9.90 Å². The van der Waals surface area contributed by atoms with Gasteiger partial charge in [-0.05, 0) is 49.5 Å². The van der Waals surface area contributed by atoms with Gasteiger partial charge in [0.25, 0.3) is 0 Å². The molecule has 1 aromatic carbocycles. The summed E-state index contributed by atoms with van der Waals surface area (Å²) >= 11 is 1.39. The minimum atomic E-state index is -1.60. The Labute approximate surface area is 146 Å². The minimum absolute atomic E-state index is 0.346. The molecule has 1 atom stereocenters. The summed E-state index contributed by atoms with van der Waals surface area (Å²) in [7, 11) is 0. The molecule has 128 valence electrons. The molecule has 4 nitrogen and oxygen atoms in total. The van der Waals surface area contributed by atoms with Crippen molar-refractivity contribution in [3.63, 3.8) is 0 Å². The number of nitrogens with zero attached hydrogens (tertiary/aromatic N) is 1. The van der Waals surface area contributed by atoms with Crippen molar-refractivity contribution in [3.05, 3.63) is 52.7 Å². The van der Waals surface area contributed by atoms with E-state index in [4.69, 9.17) is 4.74 Å². The van der Waals surface area contributed by atoms with Crippen LogP contribution in [0.25, 0.3) is 0 Å². The maximum absolute atomic E-state index is 12.7. The third kappa shape index (κ3) is 4.04. The fraction of sp³-hybridized carbons (Fsp3) is 0.421. The van der Waals surface area contributed by atoms with Crippen LogP contribution < -0.4 is 4.74 Å². The van der Waals surface area contributed by atoms with Crippen molar-refractivity contribution in [1.82, 2.24) is 4.90 Å². The number of carbonyl (C=O) groups excluding carboxylic acids is 1. The van der Waals surface area contributed by atoms with E-state index in [1.165, 1.54) is 30.6 Å². The maximum Gasteiger partial charge on any atom is 0.349 e. The third-order valence-corrected chi connectivity index (χ3v) is 5.48. The largest absolute Gasteiger partial charge is 0.424 e. The molecule has 24 heavy (non-hydrogen) atoms. The number of ether oxygens (including phenoxy) is 1. The monoisotopic (exact) mass is 345 g/mol. The molecule has 0 bridgehead atoms. The normalized spacial score (nSPS) is 18.0. The predicted octanol–water partition coefficient (Wildman–Crippen LogP) is 3.42. The van der Waals surface area contributed by atoms with Crippen molar-refractivity contribution < 1.29 is 14.6 Å². The first-order chi connectivity index (χ1) is 11.7. The van der Waals surface area contributed by atoms with Crippen molar-refractivity contribution >= 4 is 17.3 Å². The summed E-state index contributed by atoms with van der Waals surface area (Å²) in [6.45, 7) is 2.76. The fourth-order valence-corrected chi connectivity index (χ4v) is 3.86. The number of hydrogen-bond acceptors (Lipinski definition) is 5. The predicted molar refractivity (Wildman–Crippen MR) is 95.2 cm³/mol. The average Bonchev–Trinajstić information content (AvgIpc) is 3.17.